The Hall–Kier alpha value is -2.19. The van der Waals surface area contributed by atoms with Crippen LogP contribution in [-0.4, -0.2) is 19.1 Å². The van der Waals surface area contributed by atoms with Gasteiger partial charge in [-0.25, -0.2) is 4.79 Å². The topological polar surface area (TPSA) is 58.7 Å². The fourth-order valence-corrected chi connectivity index (χ4v) is 4.23. The molecule has 2 aromatic carbocycles. The minimum absolute atomic E-state index is 0.393. The van der Waals surface area contributed by atoms with Crippen LogP contribution < -0.4 is 10.6 Å². The number of benzene rings is 2. The molecule has 2 N–H and O–H groups in total. The van der Waals surface area contributed by atoms with Crippen LogP contribution in [0.25, 0.3) is 0 Å². The molecule has 0 radical (unpaired) electrons. The predicted molar refractivity (Wildman–Crippen MR) is 90.6 cm³/mol. The Bertz CT molecular complexity index is 819. The molecule has 1 unspecified atom stereocenters. The van der Waals surface area contributed by atoms with E-state index in [0.717, 1.165) is 22.7 Å². The number of amides is 2. The van der Waals surface area contributed by atoms with Crippen molar-refractivity contribution in [2.75, 3.05) is 18.0 Å². The lowest BCUT2D eigenvalue weighted by Gasteiger charge is -2.28. The molecule has 25 heavy (non-hydrogen) atoms. The standard InChI is InChI=1S/C17H16F3N3OS/c18-17(19,20)12-6-8-13(9-7-12)25-15-5-2-1-4-14(15)23(11-3-10-21)16(24)22-25/h1-2,4-9H,3,10-11,21H2. The number of carbonyl (C=O) groups is 1. The number of rotatable bonds is 4. The number of nitrogens with zero attached hydrogens (tertiary/aromatic N) is 2. The molecule has 0 saturated carbocycles. The van der Waals surface area contributed by atoms with Gasteiger partial charge in [0.05, 0.1) is 11.3 Å². The van der Waals surface area contributed by atoms with E-state index in [1.807, 2.05) is 24.3 Å². The Morgan fingerprint density at radius 2 is 1.76 bits per heavy atom. The quantitative estimate of drug-likeness (QED) is 0.880. The fraction of sp³-hybridized carbons (Fsp3) is 0.235. The van der Waals surface area contributed by atoms with Gasteiger partial charge in [-0.3, -0.25) is 4.90 Å². The predicted octanol–water partition coefficient (Wildman–Crippen LogP) is 4.21. The van der Waals surface area contributed by atoms with Gasteiger partial charge in [-0.15, -0.1) is 0 Å². The normalized spacial score (nSPS) is 17.2. The molecule has 8 heteroatoms. The number of para-hydroxylation sites is 1. The van der Waals surface area contributed by atoms with Crippen molar-refractivity contribution >= 4 is 22.4 Å². The molecule has 0 bridgehead atoms. The molecule has 1 atom stereocenters. The second-order valence-electron chi connectivity index (χ2n) is 5.44. The summed E-state index contributed by atoms with van der Waals surface area (Å²) in [6.07, 6.45) is -3.75. The second-order valence-corrected chi connectivity index (χ2v) is 7.11. The third-order valence-corrected chi connectivity index (χ3v) is 5.57. The van der Waals surface area contributed by atoms with Crippen molar-refractivity contribution in [1.29, 1.82) is 0 Å². The lowest BCUT2D eigenvalue weighted by molar-refractivity contribution is -0.137. The van der Waals surface area contributed by atoms with Gasteiger partial charge >= 0.3 is 12.2 Å². The summed E-state index contributed by atoms with van der Waals surface area (Å²) in [4.78, 5) is 15.4. The zero-order valence-corrected chi connectivity index (χ0v) is 14.0. The third kappa shape index (κ3) is 3.59. The van der Waals surface area contributed by atoms with E-state index in [1.54, 1.807) is 4.90 Å². The SMILES string of the molecule is NCCCN1C(=O)N=S(c2ccc(C(F)(F)F)cc2)c2ccccc21. The van der Waals surface area contributed by atoms with Crippen molar-refractivity contribution in [2.24, 2.45) is 10.1 Å². The van der Waals surface area contributed by atoms with E-state index in [0.29, 0.717) is 24.4 Å². The van der Waals surface area contributed by atoms with Crippen LogP contribution in [0.15, 0.2) is 62.7 Å². The monoisotopic (exact) mass is 367 g/mol. The smallest absolute Gasteiger partial charge is 0.330 e. The summed E-state index contributed by atoms with van der Waals surface area (Å²) >= 11 is 0. The summed E-state index contributed by atoms with van der Waals surface area (Å²) in [6, 6.07) is 11.7. The molecular formula is C17H16F3N3OS. The van der Waals surface area contributed by atoms with Crippen molar-refractivity contribution in [3.63, 3.8) is 0 Å². The molecule has 0 spiro atoms. The highest BCUT2D eigenvalue weighted by molar-refractivity contribution is 7.88. The lowest BCUT2D eigenvalue weighted by Crippen LogP contribution is -2.34. The van der Waals surface area contributed by atoms with E-state index in [9.17, 15) is 18.0 Å². The summed E-state index contributed by atoms with van der Waals surface area (Å²) in [6.45, 7) is 0.913. The second kappa shape index (κ2) is 6.97. The van der Waals surface area contributed by atoms with Gasteiger partial charge in [0, 0.05) is 16.3 Å². The number of hydrogen-bond donors (Lipinski definition) is 1. The first-order valence-corrected chi connectivity index (χ1v) is 8.84. The Kier molecular flexibility index (Phi) is 4.91. The molecule has 1 aliphatic rings. The molecule has 1 aliphatic heterocycles. The summed E-state index contributed by atoms with van der Waals surface area (Å²) in [5.41, 5.74) is 5.53. The van der Waals surface area contributed by atoms with E-state index >= 15 is 0 Å². The zero-order valence-electron chi connectivity index (χ0n) is 13.2. The molecule has 132 valence electrons. The van der Waals surface area contributed by atoms with Crippen LogP contribution >= 0.6 is 0 Å². The zero-order chi connectivity index (χ0) is 18.0. The first kappa shape index (κ1) is 17.6. The molecule has 2 amide bonds. The molecular weight excluding hydrogens is 351 g/mol. The number of urea groups is 1. The average Bonchev–Trinajstić information content (AvgIpc) is 2.60. The largest absolute Gasteiger partial charge is 0.416 e. The first-order valence-electron chi connectivity index (χ1n) is 7.66. The van der Waals surface area contributed by atoms with Crippen molar-refractivity contribution in [3.8, 4) is 0 Å². The molecule has 0 aliphatic carbocycles. The lowest BCUT2D eigenvalue weighted by atomic mass is 10.2. The van der Waals surface area contributed by atoms with Gasteiger partial charge in [0.15, 0.2) is 0 Å². The van der Waals surface area contributed by atoms with Crippen molar-refractivity contribution in [2.45, 2.75) is 22.4 Å². The first-order chi connectivity index (χ1) is 11.9. The van der Waals surface area contributed by atoms with Crippen LogP contribution in [0, 0.1) is 0 Å². The molecule has 4 nitrogen and oxygen atoms in total. The maximum Gasteiger partial charge on any atom is 0.416 e. The number of nitrogens with two attached hydrogens (primary N) is 1. The number of halogens is 3. The molecule has 0 aromatic heterocycles. The Morgan fingerprint density at radius 3 is 2.40 bits per heavy atom. The van der Waals surface area contributed by atoms with Crippen LogP contribution in [-0.2, 0) is 16.9 Å². The Balaban J connectivity index is 2.01. The van der Waals surface area contributed by atoms with Crippen LogP contribution in [0.1, 0.15) is 12.0 Å². The number of hydrogen-bond acceptors (Lipinski definition) is 2. The van der Waals surface area contributed by atoms with E-state index in [-0.39, 0.29) is 0 Å². The number of carbonyl (C=O) groups excluding carboxylic acids is 1. The van der Waals surface area contributed by atoms with Gasteiger partial charge in [-0.1, -0.05) is 12.1 Å². The average molecular weight is 367 g/mol. The van der Waals surface area contributed by atoms with Crippen LogP contribution in [0.5, 0.6) is 0 Å². The van der Waals surface area contributed by atoms with Crippen molar-refractivity contribution in [3.05, 3.63) is 54.1 Å². The van der Waals surface area contributed by atoms with Gasteiger partial charge in [-0.05, 0) is 60.1 Å². The van der Waals surface area contributed by atoms with Crippen molar-refractivity contribution in [1.82, 2.24) is 0 Å². The van der Waals surface area contributed by atoms with Gasteiger partial charge in [0.25, 0.3) is 0 Å². The fourth-order valence-electron chi connectivity index (χ4n) is 2.54. The summed E-state index contributed by atoms with van der Waals surface area (Å²) < 4.78 is 42.4. The van der Waals surface area contributed by atoms with Gasteiger partial charge < -0.3 is 5.73 Å². The van der Waals surface area contributed by atoms with Gasteiger partial charge in [0.1, 0.15) is 0 Å². The third-order valence-electron chi connectivity index (χ3n) is 3.76. The van der Waals surface area contributed by atoms with E-state index in [1.165, 1.54) is 12.1 Å². The highest BCUT2D eigenvalue weighted by Crippen LogP contribution is 2.35. The highest BCUT2D eigenvalue weighted by Gasteiger charge is 2.31. The maximum atomic E-state index is 12.7. The molecule has 2 aromatic rings. The minimum atomic E-state index is -4.39. The maximum absolute atomic E-state index is 12.7. The Morgan fingerprint density at radius 1 is 1.08 bits per heavy atom. The highest BCUT2D eigenvalue weighted by atomic mass is 32.2. The van der Waals surface area contributed by atoms with Crippen LogP contribution in [0.2, 0.25) is 0 Å². The molecule has 0 saturated heterocycles. The Labute approximate surface area is 145 Å². The number of anilines is 1. The molecule has 3 rings (SSSR count). The van der Waals surface area contributed by atoms with Gasteiger partial charge in [0.2, 0.25) is 0 Å². The van der Waals surface area contributed by atoms with Crippen LogP contribution in [0.3, 0.4) is 0 Å². The summed E-state index contributed by atoms with van der Waals surface area (Å²) in [7, 11) is -0.939. The number of alkyl halides is 3. The summed E-state index contributed by atoms with van der Waals surface area (Å²) in [5, 5.41) is 0. The summed E-state index contributed by atoms with van der Waals surface area (Å²) in [5.74, 6) is 0. The minimum Gasteiger partial charge on any atom is -0.330 e. The van der Waals surface area contributed by atoms with Crippen LogP contribution in [0.4, 0.5) is 23.7 Å². The van der Waals surface area contributed by atoms with E-state index in [4.69, 9.17) is 5.73 Å². The van der Waals surface area contributed by atoms with E-state index < -0.39 is 28.5 Å². The molecule has 1 heterocycles. The van der Waals surface area contributed by atoms with E-state index in [2.05, 4.69) is 4.36 Å². The number of fused-ring (bicyclic) bond motifs is 1. The molecule has 0 fully saturated rings. The van der Waals surface area contributed by atoms with Gasteiger partial charge in [-0.2, -0.15) is 17.5 Å². The van der Waals surface area contributed by atoms with Crippen molar-refractivity contribution < 1.29 is 18.0 Å².